The average Bonchev–Trinajstić information content (AvgIpc) is 2.22. The minimum Gasteiger partial charge on any atom is -0.221 e. The normalized spacial score (nSPS) is 24.2. The summed E-state index contributed by atoms with van der Waals surface area (Å²) in [4.78, 5) is 0. The van der Waals surface area contributed by atoms with Crippen LogP contribution in [-0.2, 0) is 0 Å². The first-order valence-electron chi connectivity index (χ1n) is 5.07. The molecular weight excluding hydrogens is 362 g/mol. The van der Waals surface area contributed by atoms with Crippen molar-refractivity contribution in [1.29, 1.82) is 0 Å². The van der Waals surface area contributed by atoms with Crippen LogP contribution in [0.3, 0.4) is 0 Å². The third-order valence-electron chi connectivity index (χ3n) is 2.64. The van der Waals surface area contributed by atoms with Crippen LogP contribution < -0.4 is 0 Å². The fourth-order valence-electron chi connectivity index (χ4n) is 1.65. The van der Waals surface area contributed by atoms with Gasteiger partial charge in [0.2, 0.25) is 0 Å². The van der Waals surface area contributed by atoms with Crippen LogP contribution in [0.25, 0.3) is 0 Å². The first kappa shape index (κ1) is 18.5. The summed E-state index contributed by atoms with van der Waals surface area (Å²) >= 11 is 10.7. The molecule has 0 radical (unpaired) electrons. The number of rotatable bonds is 2. The van der Waals surface area contributed by atoms with Crippen molar-refractivity contribution in [3.63, 3.8) is 0 Å². The Morgan fingerprint density at radius 2 is 1.38 bits per heavy atom. The van der Waals surface area contributed by atoms with Gasteiger partial charge in [0.25, 0.3) is 0 Å². The molecule has 11 heteroatoms. The highest BCUT2D eigenvalue weighted by Crippen LogP contribution is 2.57. The Morgan fingerprint density at radius 1 is 0.905 bits per heavy atom. The maximum absolute atomic E-state index is 14.0. The van der Waals surface area contributed by atoms with E-state index in [-0.39, 0.29) is 18.6 Å². The number of allylic oxidation sites excluding steroid dienone is 4. The Kier molecular flexibility index (Phi) is 4.63. The van der Waals surface area contributed by atoms with Crippen LogP contribution in [0, 0.1) is 0 Å². The summed E-state index contributed by atoms with van der Waals surface area (Å²) in [6.07, 6.45) is -13.4. The molecule has 1 rings (SSSR count). The van der Waals surface area contributed by atoms with Gasteiger partial charge in [-0.25, -0.2) is 4.39 Å². The van der Waals surface area contributed by atoms with Gasteiger partial charge in [-0.1, -0.05) is 17.7 Å². The van der Waals surface area contributed by atoms with Crippen molar-refractivity contribution in [3.05, 3.63) is 22.8 Å². The lowest BCUT2D eigenvalue weighted by Gasteiger charge is -2.37. The van der Waals surface area contributed by atoms with E-state index in [2.05, 4.69) is 0 Å². The summed E-state index contributed by atoms with van der Waals surface area (Å²) in [6, 6.07) is 0. The zero-order valence-electron chi connectivity index (χ0n) is 9.60. The molecule has 2 atom stereocenters. The van der Waals surface area contributed by atoms with Gasteiger partial charge < -0.3 is 0 Å². The van der Waals surface area contributed by atoms with Gasteiger partial charge in [0.15, 0.2) is 0 Å². The second-order valence-electron chi connectivity index (χ2n) is 4.16. The molecule has 0 saturated heterocycles. The summed E-state index contributed by atoms with van der Waals surface area (Å²) < 4.78 is 115. The van der Waals surface area contributed by atoms with E-state index in [1.165, 1.54) is 0 Å². The van der Waals surface area contributed by atoms with Gasteiger partial charge in [0, 0.05) is 17.0 Å². The van der Waals surface area contributed by atoms with Gasteiger partial charge in [-0.05, 0) is 6.08 Å². The first-order valence-corrected chi connectivity index (χ1v) is 5.88. The SMILES string of the molecule is FC(F)(F)C(F)(F)C(F)(C1=CC(Cl)CC(Cl)=C1)C(F)(F)F. The van der Waals surface area contributed by atoms with Gasteiger partial charge in [0.1, 0.15) is 0 Å². The van der Waals surface area contributed by atoms with Gasteiger partial charge in [0.05, 0.1) is 5.38 Å². The highest BCUT2D eigenvalue weighted by atomic mass is 35.5. The second-order valence-corrected chi connectivity index (χ2v) is 5.21. The van der Waals surface area contributed by atoms with Crippen molar-refractivity contribution in [2.75, 3.05) is 0 Å². The predicted molar refractivity (Wildman–Crippen MR) is 57.2 cm³/mol. The summed E-state index contributed by atoms with van der Waals surface area (Å²) in [5, 5.41) is -2.02. The van der Waals surface area contributed by atoms with Crippen LogP contribution in [0.1, 0.15) is 6.42 Å². The molecule has 0 aromatic heterocycles. The largest absolute Gasteiger partial charge is 0.457 e. The van der Waals surface area contributed by atoms with Crippen LogP contribution in [0.15, 0.2) is 22.8 Å². The summed E-state index contributed by atoms with van der Waals surface area (Å²) in [5.41, 5.74) is -7.97. The van der Waals surface area contributed by atoms with Crippen LogP contribution in [0.5, 0.6) is 0 Å². The van der Waals surface area contributed by atoms with Crippen LogP contribution in [-0.4, -0.2) is 29.3 Å². The van der Waals surface area contributed by atoms with Gasteiger partial charge in [-0.2, -0.15) is 35.1 Å². The maximum Gasteiger partial charge on any atom is 0.457 e. The third-order valence-corrected chi connectivity index (χ3v) is 3.18. The molecular formula is C10H5Cl2F9. The molecule has 21 heavy (non-hydrogen) atoms. The quantitative estimate of drug-likeness (QED) is 0.446. The molecule has 122 valence electrons. The molecule has 2 unspecified atom stereocenters. The Labute approximate surface area is 122 Å². The summed E-state index contributed by atoms with van der Waals surface area (Å²) in [5.74, 6) is -6.72. The molecule has 1 aliphatic carbocycles. The molecule has 0 spiro atoms. The van der Waals surface area contributed by atoms with E-state index in [4.69, 9.17) is 23.2 Å². The second kappa shape index (κ2) is 5.26. The molecule has 0 amide bonds. The number of alkyl halides is 10. The lowest BCUT2D eigenvalue weighted by atomic mass is 9.84. The molecule has 0 bridgehead atoms. The van der Waals surface area contributed by atoms with E-state index in [1.54, 1.807) is 0 Å². The molecule has 0 aromatic rings. The Balaban J connectivity index is 3.58. The number of hydrogen-bond donors (Lipinski definition) is 0. The van der Waals surface area contributed by atoms with Gasteiger partial charge >= 0.3 is 23.9 Å². The summed E-state index contributed by atoms with van der Waals surface area (Å²) in [6.45, 7) is 0. The van der Waals surface area contributed by atoms with Gasteiger partial charge in [-0.3, -0.25) is 0 Å². The van der Waals surface area contributed by atoms with Crippen molar-refractivity contribution in [2.45, 2.75) is 35.7 Å². The molecule has 0 fully saturated rings. The molecule has 0 aromatic carbocycles. The van der Waals surface area contributed by atoms with Crippen molar-refractivity contribution in [3.8, 4) is 0 Å². The molecule has 1 aliphatic rings. The zero-order valence-corrected chi connectivity index (χ0v) is 11.1. The van der Waals surface area contributed by atoms with Crippen LogP contribution >= 0.6 is 23.2 Å². The van der Waals surface area contributed by atoms with E-state index in [0.717, 1.165) is 0 Å². The van der Waals surface area contributed by atoms with E-state index >= 15 is 0 Å². The molecule has 0 heterocycles. The van der Waals surface area contributed by atoms with Crippen LogP contribution in [0.4, 0.5) is 39.5 Å². The van der Waals surface area contributed by atoms with Crippen molar-refractivity contribution >= 4 is 23.2 Å². The van der Waals surface area contributed by atoms with Crippen LogP contribution in [0.2, 0.25) is 0 Å². The predicted octanol–water partition coefficient (Wildman–Crippen LogP) is 5.51. The fourth-order valence-corrected chi connectivity index (χ4v) is 2.31. The molecule has 0 nitrogen and oxygen atoms in total. The third kappa shape index (κ3) is 2.99. The lowest BCUT2D eigenvalue weighted by molar-refractivity contribution is -0.371. The average molecular weight is 367 g/mol. The fraction of sp³-hybridized carbons (Fsp3) is 0.600. The number of hydrogen-bond acceptors (Lipinski definition) is 0. The van der Waals surface area contributed by atoms with Crippen molar-refractivity contribution in [2.24, 2.45) is 0 Å². The lowest BCUT2D eigenvalue weighted by Crippen LogP contribution is -2.63. The molecule has 0 N–H and O–H groups in total. The zero-order chi connectivity index (χ0) is 16.9. The number of halogens is 11. The van der Waals surface area contributed by atoms with E-state index in [0.29, 0.717) is 0 Å². The smallest absolute Gasteiger partial charge is 0.221 e. The van der Waals surface area contributed by atoms with E-state index < -0.39 is 39.9 Å². The van der Waals surface area contributed by atoms with Crippen molar-refractivity contribution in [1.82, 2.24) is 0 Å². The Bertz CT molecular complexity index is 474. The highest BCUT2D eigenvalue weighted by molar-refractivity contribution is 6.31. The highest BCUT2D eigenvalue weighted by Gasteiger charge is 2.82. The first-order chi connectivity index (χ1) is 9.14. The molecule has 0 aliphatic heterocycles. The Hall–Kier alpha value is -0.570. The minimum atomic E-state index is -6.77. The monoisotopic (exact) mass is 366 g/mol. The van der Waals surface area contributed by atoms with E-state index in [9.17, 15) is 39.5 Å². The summed E-state index contributed by atoms with van der Waals surface area (Å²) in [7, 11) is 0. The topological polar surface area (TPSA) is 0 Å². The minimum absolute atomic E-state index is 0.0770. The molecule has 0 saturated carbocycles. The van der Waals surface area contributed by atoms with Gasteiger partial charge in [-0.15, -0.1) is 11.6 Å². The van der Waals surface area contributed by atoms with Crippen molar-refractivity contribution < 1.29 is 39.5 Å². The maximum atomic E-state index is 14.0. The standard InChI is InChI=1S/C10H5Cl2F9/c11-5-1-4(2-6(12)3-5)7(13,9(16,17)18)8(14,15)10(19,20)21/h1-2,5H,3H2. The Morgan fingerprint density at radius 3 is 1.71 bits per heavy atom. The van der Waals surface area contributed by atoms with E-state index in [1.807, 2.05) is 0 Å².